The summed E-state index contributed by atoms with van der Waals surface area (Å²) >= 11 is 0. The number of ether oxygens (including phenoxy) is 1. The Morgan fingerprint density at radius 2 is 1.95 bits per heavy atom. The van der Waals surface area contributed by atoms with Crippen LogP contribution in [0.1, 0.15) is 50.5 Å². The Morgan fingerprint density at radius 1 is 1.21 bits per heavy atom. The van der Waals surface area contributed by atoms with Crippen LogP contribution in [0.25, 0.3) is 0 Å². The van der Waals surface area contributed by atoms with E-state index >= 15 is 0 Å². The fraction of sp³-hybridized carbons (Fsp3) is 0.647. The zero-order valence-corrected chi connectivity index (χ0v) is 12.1. The summed E-state index contributed by atoms with van der Waals surface area (Å²) < 4.78 is 5.46. The van der Waals surface area contributed by atoms with Gasteiger partial charge in [0.25, 0.3) is 0 Å². The molecule has 0 aromatic heterocycles. The van der Waals surface area contributed by atoms with Gasteiger partial charge in [0.2, 0.25) is 0 Å². The van der Waals surface area contributed by atoms with Crippen LogP contribution in [0, 0.1) is 5.92 Å². The van der Waals surface area contributed by atoms with Crippen molar-refractivity contribution in [2.24, 2.45) is 5.92 Å². The minimum atomic E-state index is 0.683. The van der Waals surface area contributed by atoms with Crippen LogP contribution in [0.4, 0.5) is 0 Å². The third-order valence-electron chi connectivity index (χ3n) is 5.07. The Kier molecular flexibility index (Phi) is 3.79. The molecule has 2 fully saturated rings. The van der Waals surface area contributed by atoms with E-state index in [4.69, 9.17) is 4.74 Å². The molecule has 0 bridgehead atoms. The lowest BCUT2D eigenvalue weighted by atomic mass is 9.74. The summed E-state index contributed by atoms with van der Waals surface area (Å²) in [4.78, 5) is 0. The lowest BCUT2D eigenvalue weighted by Gasteiger charge is -2.42. The largest absolute Gasteiger partial charge is 0.496 e. The maximum absolute atomic E-state index is 5.46. The normalized spacial score (nSPS) is 28.3. The van der Waals surface area contributed by atoms with Gasteiger partial charge in [0.05, 0.1) is 7.11 Å². The van der Waals surface area contributed by atoms with E-state index in [0.29, 0.717) is 18.0 Å². The van der Waals surface area contributed by atoms with Crippen LogP contribution in [0.15, 0.2) is 24.3 Å². The van der Waals surface area contributed by atoms with Crippen molar-refractivity contribution in [3.63, 3.8) is 0 Å². The SMILES string of the molecule is COc1ccccc1C1CC(NC(C)C2CCC2)C1. The van der Waals surface area contributed by atoms with Gasteiger partial charge in [-0.2, -0.15) is 0 Å². The summed E-state index contributed by atoms with van der Waals surface area (Å²) in [6.07, 6.45) is 6.81. The molecule has 2 nitrogen and oxygen atoms in total. The van der Waals surface area contributed by atoms with Gasteiger partial charge in [-0.25, -0.2) is 0 Å². The van der Waals surface area contributed by atoms with E-state index in [9.17, 15) is 0 Å². The maximum Gasteiger partial charge on any atom is 0.122 e. The average Bonchev–Trinajstić information content (AvgIpc) is 2.31. The predicted molar refractivity (Wildman–Crippen MR) is 78.7 cm³/mol. The van der Waals surface area contributed by atoms with Crippen LogP contribution >= 0.6 is 0 Å². The van der Waals surface area contributed by atoms with Crippen LogP contribution in [0.3, 0.4) is 0 Å². The average molecular weight is 259 g/mol. The van der Waals surface area contributed by atoms with Gasteiger partial charge in [-0.05, 0) is 56.1 Å². The zero-order chi connectivity index (χ0) is 13.2. The zero-order valence-electron chi connectivity index (χ0n) is 12.1. The van der Waals surface area contributed by atoms with E-state index in [0.717, 1.165) is 11.7 Å². The molecule has 2 heteroatoms. The fourth-order valence-electron chi connectivity index (χ4n) is 3.46. The molecule has 2 aliphatic carbocycles. The van der Waals surface area contributed by atoms with Gasteiger partial charge in [-0.1, -0.05) is 24.6 Å². The van der Waals surface area contributed by atoms with E-state index < -0.39 is 0 Å². The molecule has 0 radical (unpaired) electrons. The molecule has 104 valence electrons. The third-order valence-corrected chi connectivity index (χ3v) is 5.07. The highest BCUT2D eigenvalue weighted by molar-refractivity contribution is 5.37. The molecule has 1 N–H and O–H groups in total. The molecule has 1 aromatic carbocycles. The molecule has 0 spiro atoms. The summed E-state index contributed by atoms with van der Waals surface area (Å²) in [5.41, 5.74) is 1.39. The Morgan fingerprint density at radius 3 is 2.58 bits per heavy atom. The molecular formula is C17H25NO. The summed E-state index contributed by atoms with van der Waals surface area (Å²) in [5.74, 6) is 2.67. The van der Waals surface area contributed by atoms with Gasteiger partial charge in [0.15, 0.2) is 0 Å². The van der Waals surface area contributed by atoms with E-state index in [2.05, 4.69) is 36.5 Å². The summed E-state index contributed by atoms with van der Waals surface area (Å²) in [7, 11) is 1.77. The minimum absolute atomic E-state index is 0.683. The Bertz CT molecular complexity index is 421. The maximum atomic E-state index is 5.46. The summed E-state index contributed by atoms with van der Waals surface area (Å²) in [6.45, 7) is 2.36. The monoisotopic (exact) mass is 259 g/mol. The fourth-order valence-corrected chi connectivity index (χ4v) is 3.46. The Hall–Kier alpha value is -1.02. The third kappa shape index (κ3) is 2.64. The van der Waals surface area contributed by atoms with Crippen molar-refractivity contribution in [3.8, 4) is 5.75 Å². The highest BCUT2D eigenvalue weighted by atomic mass is 16.5. The van der Waals surface area contributed by atoms with Gasteiger partial charge in [-0.3, -0.25) is 0 Å². The van der Waals surface area contributed by atoms with Gasteiger partial charge in [0.1, 0.15) is 5.75 Å². The van der Waals surface area contributed by atoms with Gasteiger partial charge in [-0.15, -0.1) is 0 Å². The molecule has 0 aliphatic heterocycles. The number of hydrogen-bond donors (Lipinski definition) is 1. The topological polar surface area (TPSA) is 21.3 Å². The van der Waals surface area contributed by atoms with Crippen molar-refractivity contribution in [1.82, 2.24) is 5.32 Å². The Labute approximate surface area is 116 Å². The van der Waals surface area contributed by atoms with Gasteiger partial charge >= 0.3 is 0 Å². The van der Waals surface area contributed by atoms with Crippen molar-refractivity contribution in [1.29, 1.82) is 0 Å². The number of hydrogen-bond acceptors (Lipinski definition) is 2. The second kappa shape index (κ2) is 5.54. The van der Waals surface area contributed by atoms with Crippen molar-refractivity contribution < 1.29 is 4.74 Å². The number of benzene rings is 1. The van der Waals surface area contributed by atoms with Crippen molar-refractivity contribution in [3.05, 3.63) is 29.8 Å². The molecule has 3 rings (SSSR count). The number of methoxy groups -OCH3 is 1. The molecule has 2 saturated carbocycles. The minimum Gasteiger partial charge on any atom is -0.496 e. The smallest absolute Gasteiger partial charge is 0.122 e. The van der Waals surface area contributed by atoms with Crippen LogP contribution in [0.5, 0.6) is 5.75 Å². The van der Waals surface area contributed by atoms with Crippen LogP contribution in [-0.2, 0) is 0 Å². The molecule has 1 unspecified atom stereocenters. The summed E-state index contributed by atoms with van der Waals surface area (Å²) in [5, 5.41) is 3.81. The first kappa shape index (κ1) is 13.0. The first-order valence-electron chi connectivity index (χ1n) is 7.67. The lowest BCUT2D eigenvalue weighted by Crippen LogP contribution is -2.48. The lowest BCUT2D eigenvalue weighted by molar-refractivity contribution is 0.186. The van der Waals surface area contributed by atoms with Crippen LogP contribution in [-0.4, -0.2) is 19.2 Å². The molecular weight excluding hydrogens is 234 g/mol. The quantitative estimate of drug-likeness (QED) is 0.870. The van der Waals surface area contributed by atoms with Crippen LogP contribution in [0.2, 0.25) is 0 Å². The van der Waals surface area contributed by atoms with E-state index in [1.165, 1.54) is 37.7 Å². The van der Waals surface area contributed by atoms with Crippen LogP contribution < -0.4 is 10.1 Å². The number of nitrogens with one attached hydrogen (secondary N) is 1. The standard InChI is InChI=1S/C17H25NO/c1-12(13-6-5-7-13)18-15-10-14(11-15)16-8-3-4-9-17(16)19-2/h3-4,8-9,12-15,18H,5-7,10-11H2,1-2H3. The molecule has 0 saturated heterocycles. The highest BCUT2D eigenvalue weighted by Gasteiger charge is 2.34. The number of para-hydroxylation sites is 1. The second-order valence-electron chi connectivity index (χ2n) is 6.25. The molecule has 0 amide bonds. The molecule has 2 aliphatic rings. The van der Waals surface area contributed by atoms with E-state index in [-0.39, 0.29) is 0 Å². The molecule has 1 aromatic rings. The highest BCUT2D eigenvalue weighted by Crippen LogP contribution is 2.41. The predicted octanol–water partition coefficient (Wildman–Crippen LogP) is 3.72. The first-order valence-corrected chi connectivity index (χ1v) is 7.67. The van der Waals surface area contributed by atoms with Crippen molar-refractivity contribution >= 4 is 0 Å². The van der Waals surface area contributed by atoms with Gasteiger partial charge in [0, 0.05) is 12.1 Å². The summed E-state index contributed by atoms with van der Waals surface area (Å²) in [6, 6.07) is 9.88. The number of rotatable bonds is 5. The van der Waals surface area contributed by atoms with Gasteiger partial charge < -0.3 is 10.1 Å². The second-order valence-corrected chi connectivity index (χ2v) is 6.25. The molecule has 19 heavy (non-hydrogen) atoms. The first-order chi connectivity index (χ1) is 9.28. The molecule has 0 heterocycles. The Balaban J connectivity index is 1.51. The van der Waals surface area contributed by atoms with Crippen molar-refractivity contribution in [2.75, 3.05) is 7.11 Å². The van der Waals surface area contributed by atoms with E-state index in [1.807, 2.05) is 0 Å². The van der Waals surface area contributed by atoms with E-state index in [1.54, 1.807) is 7.11 Å². The van der Waals surface area contributed by atoms with Crippen molar-refractivity contribution in [2.45, 2.75) is 57.0 Å². The molecule has 1 atom stereocenters.